The second-order valence-corrected chi connectivity index (χ2v) is 5.11. The first-order valence-corrected chi connectivity index (χ1v) is 7.49. The van der Waals surface area contributed by atoms with Crippen molar-refractivity contribution in [2.75, 3.05) is 12.4 Å². The minimum atomic E-state index is -1.02. The number of hydrogen-bond acceptors (Lipinski definition) is 5. The zero-order chi connectivity index (χ0) is 18.5. The molecule has 2 aromatic carbocycles. The van der Waals surface area contributed by atoms with E-state index in [1.165, 1.54) is 17.9 Å². The van der Waals surface area contributed by atoms with E-state index in [0.29, 0.717) is 11.4 Å². The average molecular weight is 360 g/mol. The minimum absolute atomic E-state index is 0.0347. The molecule has 0 fully saturated rings. The predicted molar refractivity (Wildman–Crippen MR) is 87.9 cm³/mol. The largest absolute Gasteiger partial charge is 0.495 e. The molecule has 0 aliphatic heterocycles. The molecular formula is C16H14F2N6O2. The standard InChI is InChI=1S/C16H14F2N6O2/c1-26-14-5-3-2-4-13(14)20-16(25)19-9-15-21-22-23-24(15)10-6-7-11(17)12(18)8-10/h2-8H,9H2,1H3,(H2,19,20,25). The number of methoxy groups -OCH3 is 1. The molecule has 26 heavy (non-hydrogen) atoms. The maximum Gasteiger partial charge on any atom is 0.319 e. The summed E-state index contributed by atoms with van der Waals surface area (Å²) in [4.78, 5) is 12.1. The Kier molecular flexibility index (Phi) is 5.02. The molecule has 1 heterocycles. The van der Waals surface area contributed by atoms with Gasteiger partial charge in [0.05, 0.1) is 25.0 Å². The van der Waals surface area contributed by atoms with Crippen molar-refractivity contribution in [2.24, 2.45) is 0 Å². The highest BCUT2D eigenvalue weighted by Gasteiger charge is 2.13. The Labute approximate surface area is 146 Å². The fourth-order valence-corrected chi connectivity index (χ4v) is 2.21. The number of carbonyl (C=O) groups is 1. The van der Waals surface area contributed by atoms with Crippen LogP contribution in [0.15, 0.2) is 42.5 Å². The summed E-state index contributed by atoms with van der Waals surface area (Å²) >= 11 is 0. The molecule has 0 saturated carbocycles. The van der Waals surface area contributed by atoms with Gasteiger partial charge in [0.1, 0.15) is 5.75 Å². The number of amides is 2. The van der Waals surface area contributed by atoms with Crippen LogP contribution in [0.3, 0.4) is 0 Å². The van der Waals surface area contributed by atoms with E-state index in [-0.39, 0.29) is 18.1 Å². The zero-order valence-electron chi connectivity index (χ0n) is 13.6. The number of anilines is 1. The molecule has 1 aromatic heterocycles. The molecule has 134 valence electrons. The fourth-order valence-electron chi connectivity index (χ4n) is 2.21. The Balaban J connectivity index is 1.68. The van der Waals surface area contributed by atoms with Crippen LogP contribution in [0, 0.1) is 11.6 Å². The van der Waals surface area contributed by atoms with Crippen LogP contribution in [0.4, 0.5) is 19.3 Å². The number of benzene rings is 2. The predicted octanol–water partition coefficient (Wildman–Crippen LogP) is 2.27. The van der Waals surface area contributed by atoms with E-state index in [1.54, 1.807) is 24.3 Å². The first kappa shape index (κ1) is 17.3. The third-order valence-electron chi connectivity index (χ3n) is 3.44. The van der Waals surface area contributed by atoms with Crippen LogP contribution in [0.1, 0.15) is 5.82 Å². The summed E-state index contributed by atoms with van der Waals surface area (Å²) < 4.78 is 32.8. The van der Waals surface area contributed by atoms with Crippen molar-refractivity contribution in [2.45, 2.75) is 6.54 Å². The monoisotopic (exact) mass is 360 g/mol. The van der Waals surface area contributed by atoms with E-state index in [1.807, 2.05) is 0 Å². The van der Waals surface area contributed by atoms with Crippen molar-refractivity contribution in [1.29, 1.82) is 0 Å². The van der Waals surface area contributed by atoms with Gasteiger partial charge in [-0.15, -0.1) is 5.10 Å². The number of carbonyl (C=O) groups excluding carboxylic acids is 1. The minimum Gasteiger partial charge on any atom is -0.495 e. The van der Waals surface area contributed by atoms with E-state index in [4.69, 9.17) is 4.74 Å². The summed E-state index contributed by atoms with van der Waals surface area (Å²) in [6, 6.07) is 9.67. The topological polar surface area (TPSA) is 94.0 Å². The van der Waals surface area contributed by atoms with Gasteiger partial charge in [0.2, 0.25) is 0 Å². The molecule has 0 atom stereocenters. The molecule has 0 aliphatic rings. The lowest BCUT2D eigenvalue weighted by Gasteiger charge is -2.11. The fraction of sp³-hybridized carbons (Fsp3) is 0.125. The number of nitrogens with one attached hydrogen (secondary N) is 2. The summed E-state index contributed by atoms with van der Waals surface area (Å²) in [5.74, 6) is -1.25. The van der Waals surface area contributed by atoms with E-state index < -0.39 is 17.7 Å². The Morgan fingerprint density at radius 1 is 1.19 bits per heavy atom. The third-order valence-corrected chi connectivity index (χ3v) is 3.44. The Morgan fingerprint density at radius 3 is 2.77 bits per heavy atom. The number of urea groups is 1. The number of tetrazole rings is 1. The van der Waals surface area contributed by atoms with Crippen LogP contribution in [-0.4, -0.2) is 33.3 Å². The van der Waals surface area contributed by atoms with Crippen LogP contribution in [0.5, 0.6) is 5.75 Å². The van der Waals surface area contributed by atoms with Crippen molar-refractivity contribution in [1.82, 2.24) is 25.5 Å². The van der Waals surface area contributed by atoms with Crippen LogP contribution in [0.2, 0.25) is 0 Å². The molecule has 2 amide bonds. The highest BCUT2D eigenvalue weighted by molar-refractivity contribution is 5.90. The van der Waals surface area contributed by atoms with Crippen LogP contribution in [0.25, 0.3) is 5.69 Å². The van der Waals surface area contributed by atoms with Crippen molar-refractivity contribution in [3.63, 3.8) is 0 Å². The van der Waals surface area contributed by atoms with E-state index in [0.717, 1.165) is 12.1 Å². The normalized spacial score (nSPS) is 10.4. The van der Waals surface area contributed by atoms with Crippen molar-refractivity contribution in [3.05, 3.63) is 59.9 Å². The molecule has 3 aromatic rings. The lowest BCUT2D eigenvalue weighted by molar-refractivity contribution is 0.251. The second-order valence-electron chi connectivity index (χ2n) is 5.11. The lowest BCUT2D eigenvalue weighted by atomic mass is 10.3. The maximum atomic E-state index is 13.4. The maximum absolute atomic E-state index is 13.4. The average Bonchev–Trinajstić information content (AvgIpc) is 3.11. The van der Waals surface area contributed by atoms with Crippen LogP contribution in [-0.2, 0) is 6.54 Å². The highest BCUT2D eigenvalue weighted by atomic mass is 19.2. The number of aromatic nitrogens is 4. The first-order valence-electron chi connectivity index (χ1n) is 7.49. The highest BCUT2D eigenvalue weighted by Crippen LogP contribution is 2.22. The molecule has 0 saturated heterocycles. The van der Waals surface area contributed by atoms with Gasteiger partial charge < -0.3 is 15.4 Å². The molecule has 8 nitrogen and oxygen atoms in total. The van der Waals surface area contributed by atoms with E-state index in [2.05, 4.69) is 26.2 Å². The number of nitrogens with zero attached hydrogens (tertiary/aromatic N) is 4. The summed E-state index contributed by atoms with van der Waals surface area (Å²) in [5.41, 5.74) is 0.725. The van der Waals surface area contributed by atoms with Crippen LogP contribution >= 0.6 is 0 Å². The van der Waals surface area contributed by atoms with E-state index in [9.17, 15) is 13.6 Å². The first-order chi connectivity index (χ1) is 12.6. The van der Waals surface area contributed by atoms with Crippen molar-refractivity contribution < 1.29 is 18.3 Å². The third kappa shape index (κ3) is 3.74. The second kappa shape index (κ2) is 7.55. The van der Waals surface area contributed by atoms with Gasteiger partial charge in [-0.25, -0.2) is 13.6 Å². The number of ether oxygens (including phenoxy) is 1. The van der Waals surface area contributed by atoms with E-state index >= 15 is 0 Å². The summed E-state index contributed by atoms with van der Waals surface area (Å²) in [6.07, 6.45) is 0. The molecule has 0 radical (unpaired) electrons. The van der Waals surface area contributed by atoms with Crippen molar-refractivity contribution >= 4 is 11.7 Å². The molecule has 0 bridgehead atoms. The Bertz CT molecular complexity index is 931. The van der Waals surface area contributed by atoms with Gasteiger partial charge in [-0.1, -0.05) is 12.1 Å². The quantitative estimate of drug-likeness (QED) is 0.728. The smallest absolute Gasteiger partial charge is 0.319 e. The molecule has 0 spiro atoms. The van der Waals surface area contributed by atoms with Gasteiger partial charge in [-0.3, -0.25) is 0 Å². The van der Waals surface area contributed by atoms with Gasteiger partial charge in [0, 0.05) is 6.07 Å². The summed E-state index contributed by atoms with van der Waals surface area (Å²) in [5, 5.41) is 16.2. The van der Waals surface area contributed by atoms with Gasteiger partial charge >= 0.3 is 6.03 Å². The van der Waals surface area contributed by atoms with Gasteiger partial charge in [-0.2, -0.15) is 4.68 Å². The van der Waals surface area contributed by atoms with Crippen LogP contribution < -0.4 is 15.4 Å². The van der Waals surface area contributed by atoms with Gasteiger partial charge in [-0.05, 0) is 34.7 Å². The molecular weight excluding hydrogens is 346 g/mol. The van der Waals surface area contributed by atoms with Gasteiger partial charge in [0.15, 0.2) is 17.5 Å². The molecule has 0 unspecified atom stereocenters. The number of hydrogen-bond donors (Lipinski definition) is 2. The summed E-state index contributed by atoms with van der Waals surface area (Å²) in [6.45, 7) is -0.0347. The molecule has 2 N–H and O–H groups in total. The van der Waals surface area contributed by atoms with Gasteiger partial charge in [0.25, 0.3) is 0 Å². The van der Waals surface area contributed by atoms with Crippen molar-refractivity contribution in [3.8, 4) is 11.4 Å². The number of para-hydroxylation sites is 2. The summed E-state index contributed by atoms with van der Waals surface area (Å²) in [7, 11) is 1.49. The number of halogens is 2. The SMILES string of the molecule is COc1ccccc1NC(=O)NCc1nnnn1-c1ccc(F)c(F)c1. The lowest BCUT2D eigenvalue weighted by Crippen LogP contribution is -2.29. The Morgan fingerprint density at radius 2 is 2.00 bits per heavy atom. The number of rotatable bonds is 5. The zero-order valence-corrected chi connectivity index (χ0v) is 13.6. The molecule has 10 heteroatoms. The Hall–Kier alpha value is -3.56. The molecule has 3 rings (SSSR count). The molecule has 0 aliphatic carbocycles.